The molecule has 5 nitrogen and oxygen atoms in total. The van der Waals surface area contributed by atoms with Crippen LogP contribution in [0.4, 0.5) is 4.79 Å². The quantitative estimate of drug-likeness (QED) is 0.933. The number of rotatable bonds is 3. The second-order valence-electron chi connectivity index (χ2n) is 6.12. The average molecular weight is 302 g/mol. The molecule has 0 radical (unpaired) electrons. The van der Waals surface area contributed by atoms with Crippen LogP contribution in [0.5, 0.6) is 0 Å². The summed E-state index contributed by atoms with van der Waals surface area (Å²) in [6.07, 6.45) is 3.90. The molecule has 2 atom stereocenters. The van der Waals surface area contributed by atoms with Gasteiger partial charge in [0.2, 0.25) is 5.91 Å². The molecular formula is C17H22N2O3. The van der Waals surface area contributed by atoms with Crippen molar-refractivity contribution in [3.05, 3.63) is 35.9 Å². The Morgan fingerprint density at radius 3 is 2.77 bits per heavy atom. The average Bonchev–Trinajstić information content (AvgIpc) is 2.79. The van der Waals surface area contributed by atoms with Gasteiger partial charge in [0.05, 0.1) is 7.11 Å². The molecule has 2 bridgehead atoms. The van der Waals surface area contributed by atoms with E-state index < -0.39 is 5.54 Å². The number of carbonyl (C=O) groups excluding carboxylic acids is 2. The van der Waals surface area contributed by atoms with Gasteiger partial charge in [-0.3, -0.25) is 9.69 Å². The molecule has 0 aromatic heterocycles. The van der Waals surface area contributed by atoms with E-state index in [1.54, 1.807) is 4.90 Å². The third-order valence-corrected chi connectivity index (χ3v) is 4.94. The minimum Gasteiger partial charge on any atom is -0.453 e. The van der Waals surface area contributed by atoms with Crippen molar-refractivity contribution in [2.24, 2.45) is 0 Å². The summed E-state index contributed by atoms with van der Waals surface area (Å²) in [6, 6.07) is 9.96. The third kappa shape index (κ3) is 2.45. The summed E-state index contributed by atoms with van der Waals surface area (Å²) >= 11 is 0. The zero-order valence-corrected chi connectivity index (χ0v) is 12.9. The van der Waals surface area contributed by atoms with Crippen molar-refractivity contribution in [2.45, 2.75) is 50.2 Å². The number of hydrogen-bond donors (Lipinski definition) is 1. The van der Waals surface area contributed by atoms with Crippen molar-refractivity contribution in [1.29, 1.82) is 0 Å². The molecule has 2 aliphatic heterocycles. The van der Waals surface area contributed by atoms with Gasteiger partial charge in [-0.2, -0.15) is 0 Å². The number of benzene rings is 1. The molecule has 0 saturated carbocycles. The molecule has 1 aromatic rings. The number of nitrogens with one attached hydrogen (secondary N) is 1. The van der Waals surface area contributed by atoms with Crippen LogP contribution in [0, 0.1) is 0 Å². The van der Waals surface area contributed by atoms with Crippen molar-refractivity contribution in [3.8, 4) is 0 Å². The monoisotopic (exact) mass is 302 g/mol. The molecular weight excluding hydrogens is 280 g/mol. The first-order chi connectivity index (χ1) is 10.7. The van der Waals surface area contributed by atoms with Gasteiger partial charge in [-0.1, -0.05) is 30.3 Å². The molecule has 1 aromatic carbocycles. The zero-order chi connectivity index (χ0) is 15.6. The van der Waals surface area contributed by atoms with Gasteiger partial charge in [0.1, 0.15) is 5.54 Å². The highest BCUT2D eigenvalue weighted by Crippen LogP contribution is 2.44. The molecule has 2 fully saturated rings. The van der Waals surface area contributed by atoms with E-state index in [1.165, 1.54) is 7.11 Å². The SMILES string of the molecule is COC(=O)N1C2CCC[C@]1(C(=O)NCc1ccccc1)CC2. The molecule has 22 heavy (non-hydrogen) atoms. The predicted molar refractivity (Wildman–Crippen MR) is 82.1 cm³/mol. The molecule has 118 valence electrons. The Morgan fingerprint density at radius 2 is 2.05 bits per heavy atom. The second kappa shape index (κ2) is 5.99. The number of nitrogens with zero attached hydrogens (tertiary/aromatic N) is 1. The van der Waals surface area contributed by atoms with Crippen LogP contribution in [0.25, 0.3) is 0 Å². The van der Waals surface area contributed by atoms with Crippen molar-refractivity contribution < 1.29 is 14.3 Å². The number of methoxy groups -OCH3 is 1. The zero-order valence-electron chi connectivity index (χ0n) is 12.9. The fraction of sp³-hybridized carbons (Fsp3) is 0.529. The third-order valence-electron chi connectivity index (χ3n) is 4.94. The topological polar surface area (TPSA) is 58.6 Å². The smallest absolute Gasteiger partial charge is 0.410 e. The number of hydrogen-bond acceptors (Lipinski definition) is 3. The van der Waals surface area contributed by atoms with Gasteiger partial charge in [0.15, 0.2) is 0 Å². The van der Waals surface area contributed by atoms with Crippen LogP contribution in [0.1, 0.15) is 37.7 Å². The number of carbonyl (C=O) groups is 2. The molecule has 5 heteroatoms. The summed E-state index contributed by atoms with van der Waals surface area (Å²) in [7, 11) is 1.38. The molecule has 1 unspecified atom stereocenters. The highest BCUT2D eigenvalue weighted by Gasteiger charge is 2.56. The summed E-state index contributed by atoms with van der Waals surface area (Å²) in [4.78, 5) is 26.6. The number of piperidine rings is 1. The van der Waals surface area contributed by atoms with E-state index in [1.807, 2.05) is 30.3 Å². The fourth-order valence-electron chi connectivity index (χ4n) is 3.85. The van der Waals surface area contributed by atoms with Gasteiger partial charge in [-0.25, -0.2) is 4.79 Å². The Kier molecular flexibility index (Phi) is 4.05. The lowest BCUT2D eigenvalue weighted by molar-refractivity contribution is -0.133. The predicted octanol–water partition coefficient (Wildman–Crippen LogP) is 2.46. The van der Waals surface area contributed by atoms with Gasteiger partial charge < -0.3 is 10.1 Å². The summed E-state index contributed by atoms with van der Waals surface area (Å²) in [6.45, 7) is 0.487. The molecule has 2 heterocycles. The number of ether oxygens (including phenoxy) is 1. The minimum atomic E-state index is -0.717. The molecule has 0 spiro atoms. The van der Waals surface area contributed by atoms with Crippen molar-refractivity contribution >= 4 is 12.0 Å². The van der Waals surface area contributed by atoms with Crippen LogP contribution in [0.2, 0.25) is 0 Å². The Morgan fingerprint density at radius 1 is 1.27 bits per heavy atom. The number of fused-ring (bicyclic) bond motifs is 2. The normalized spacial score (nSPS) is 26.6. The summed E-state index contributed by atoms with van der Waals surface area (Å²) in [5.41, 5.74) is 0.340. The van der Waals surface area contributed by atoms with Gasteiger partial charge in [-0.05, 0) is 37.7 Å². The minimum absolute atomic E-state index is 0.0519. The summed E-state index contributed by atoms with van der Waals surface area (Å²) in [5, 5.41) is 3.01. The second-order valence-corrected chi connectivity index (χ2v) is 6.12. The van der Waals surface area contributed by atoms with Crippen molar-refractivity contribution in [3.63, 3.8) is 0 Å². The molecule has 2 amide bonds. The first-order valence-electron chi connectivity index (χ1n) is 7.87. The highest BCUT2D eigenvalue weighted by molar-refractivity contribution is 5.91. The van der Waals surface area contributed by atoms with Crippen LogP contribution in [-0.2, 0) is 16.1 Å². The first kappa shape index (κ1) is 14.9. The van der Waals surface area contributed by atoms with E-state index >= 15 is 0 Å². The van der Waals surface area contributed by atoms with E-state index in [-0.39, 0.29) is 18.0 Å². The van der Waals surface area contributed by atoms with Crippen LogP contribution < -0.4 is 5.32 Å². The van der Waals surface area contributed by atoms with Crippen molar-refractivity contribution in [2.75, 3.05) is 7.11 Å². The Balaban J connectivity index is 1.75. The largest absolute Gasteiger partial charge is 0.453 e. The lowest BCUT2D eigenvalue weighted by atomic mass is 9.87. The van der Waals surface area contributed by atoms with Crippen LogP contribution in [-0.4, -0.2) is 35.6 Å². The van der Waals surface area contributed by atoms with Crippen LogP contribution in [0.3, 0.4) is 0 Å². The van der Waals surface area contributed by atoms with Gasteiger partial charge in [0.25, 0.3) is 0 Å². The molecule has 1 N–H and O–H groups in total. The highest BCUT2D eigenvalue weighted by atomic mass is 16.5. The van der Waals surface area contributed by atoms with Crippen LogP contribution >= 0.6 is 0 Å². The van der Waals surface area contributed by atoms with Gasteiger partial charge >= 0.3 is 6.09 Å². The van der Waals surface area contributed by atoms with Crippen molar-refractivity contribution in [1.82, 2.24) is 10.2 Å². The maximum Gasteiger partial charge on any atom is 0.410 e. The van der Waals surface area contributed by atoms with E-state index in [0.717, 1.165) is 37.7 Å². The Hall–Kier alpha value is -2.04. The first-order valence-corrected chi connectivity index (χ1v) is 7.87. The molecule has 0 aliphatic carbocycles. The summed E-state index contributed by atoms with van der Waals surface area (Å²) in [5.74, 6) is -0.0519. The van der Waals surface area contributed by atoms with E-state index in [9.17, 15) is 9.59 Å². The maximum absolute atomic E-state index is 12.8. The maximum atomic E-state index is 12.8. The van der Waals surface area contributed by atoms with E-state index in [2.05, 4.69) is 5.32 Å². The van der Waals surface area contributed by atoms with Gasteiger partial charge in [0, 0.05) is 12.6 Å². The number of amides is 2. The lowest BCUT2D eigenvalue weighted by Crippen LogP contribution is -2.61. The van der Waals surface area contributed by atoms with E-state index in [0.29, 0.717) is 6.54 Å². The molecule has 3 rings (SSSR count). The lowest BCUT2D eigenvalue weighted by Gasteiger charge is -2.42. The standard InChI is InChI=1S/C17H22N2O3/c1-22-16(21)19-14-8-5-10-17(19,11-9-14)15(20)18-12-13-6-3-2-4-7-13/h2-4,6-7,14H,5,8-12H2,1H3,(H,18,20)/t14?,17-/m1/s1. The molecule has 2 aliphatic rings. The van der Waals surface area contributed by atoms with E-state index in [4.69, 9.17) is 4.74 Å². The van der Waals surface area contributed by atoms with Gasteiger partial charge in [-0.15, -0.1) is 0 Å². The fourth-order valence-corrected chi connectivity index (χ4v) is 3.85. The Labute approximate surface area is 130 Å². The Bertz CT molecular complexity index is 556. The molecule has 2 saturated heterocycles. The van der Waals surface area contributed by atoms with Crippen LogP contribution in [0.15, 0.2) is 30.3 Å². The summed E-state index contributed by atoms with van der Waals surface area (Å²) < 4.78 is 4.92.